The molecule has 2 rings (SSSR count). The predicted molar refractivity (Wildman–Crippen MR) is 121 cm³/mol. The van der Waals surface area contributed by atoms with Crippen LogP contribution in [0, 0.1) is 5.92 Å². The number of hydrogen-bond donors (Lipinski definition) is 2. The molecule has 1 atom stereocenters. The molecule has 6 nitrogen and oxygen atoms in total. The molecule has 0 aromatic heterocycles. The van der Waals surface area contributed by atoms with Gasteiger partial charge in [-0.3, -0.25) is 0 Å². The van der Waals surface area contributed by atoms with Crippen LogP contribution in [0.3, 0.4) is 0 Å². The lowest BCUT2D eigenvalue weighted by molar-refractivity contribution is 0.206. The minimum absolute atomic E-state index is 0.0706. The number of benzene rings is 2. The summed E-state index contributed by atoms with van der Waals surface area (Å²) in [5, 5.41) is 9.68. The van der Waals surface area contributed by atoms with E-state index in [0.717, 1.165) is 16.7 Å². The minimum Gasteiger partial charge on any atom is -0.464 e. The van der Waals surface area contributed by atoms with Gasteiger partial charge in [-0.25, -0.2) is 4.79 Å². The van der Waals surface area contributed by atoms with Gasteiger partial charge in [0.1, 0.15) is 0 Å². The monoisotopic (exact) mass is 432 g/mol. The van der Waals surface area contributed by atoms with Crippen LogP contribution in [0.1, 0.15) is 76.1 Å². The van der Waals surface area contributed by atoms with Crippen molar-refractivity contribution in [2.75, 3.05) is 4.31 Å². The molecule has 0 aliphatic carbocycles. The number of hydrogen-bond acceptors (Lipinski definition) is 3. The van der Waals surface area contributed by atoms with Crippen molar-refractivity contribution in [1.82, 2.24) is 4.72 Å². The quantitative estimate of drug-likeness (QED) is 0.564. The van der Waals surface area contributed by atoms with Crippen LogP contribution in [0.4, 0.5) is 10.5 Å². The van der Waals surface area contributed by atoms with Crippen molar-refractivity contribution >= 4 is 22.0 Å². The van der Waals surface area contributed by atoms with E-state index in [0.29, 0.717) is 4.31 Å². The van der Waals surface area contributed by atoms with Crippen LogP contribution >= 0.6 is 0 Å². The van der Waals surface area contributed by atoms with Crippen LogP contribution < -0.4 is 9.03 Å². The fourth-order valence-electron chi connectivity index (χ4n) is 3.62. The van der Waals surface area contributed by atoms with E-state index in [9.17, 15) is 18.3 Å². The molecule has 30 heavy (non-hydrogen) atoms. The average Bonchev–Trinajstić information content (AvgIpc) is 2.65. The van der Waals surface area contributed by atoms with E-state index in [1.807, 2.05) is 32.0 Å². The van der Waals surface area contributed by atoms with Crippen LogP contribution in [0.5, 0.6) is 0 Å². The Balaban J connectivity index is 2.62. The summed E-state index contributed by atoms with van der Waals surface area (Å²) in [4.78, 5) is 11.9. The van der Waals surface area contributed by atoms with E-state index in [-0.39, 0.29) is 23.4 Å². The molecule has 0 spiro atoms. The van der Waals surface area contributed by atoms with E-state index in [2.05, 4.69) is 32.4 Å². The number of carboxylic acid groups (broad SMARTS) is 1. The Morgan fingerprint density at radius 1 is 0.867 bits per heavy atom. The third kappa shape index (κ3) is 5.21. The van der Waals surface area contributed by atoms with Crippen molar-refractivity contribution < 1.29 is 18.3 Å². The molecule has 0 heterocycles. The van der Waals surface area contributed by atoms with Gasteiger partial charge in [-0.1, -0.05) is 77.9 Å². The Hall–Kier alpha value is -2.38. The molecule has 1 amide bonds. The van der Waals surface area contributed by atoms with Crippen LogP contribution in [0.15, 0.2) is 48.5 Å². The summed E-state index contributed by atoms with van der Waals surface area (Å²) in [6.45, 7) is 12.2. The van der Waals surface area contributed by atoms with Crippen LogP contribution in [0.2, 0.25) is 0 Å². The molecule has 0 aliphatic rings. The second-order valence-electron chi connectivity index (χ2n) is 8.39. The van der Waals surface area contributed by atoms with Crippen molar-refractivity contribution in [2.45, 2.75) is 59.4 Å². The van der Waals surface area contributed by atoms with Crippen molar-refractivity contribution in [2.24, 2.45) is 5.92 Å². The maximum Gasteiger partial charge on any atom is 0.426 e. The number of nitrogens with zero attached hydrogens (tertiary/aromatic N) is 1. The smallest absolute Gasteiger partial charge is 0.426 e. The average molecular weight is 433 g/mol. The van der Waals surface area contributed by atoms with E-state index >= 15 is 0 Å². The molecule has 0 saturated heterocycles. The van der Waals surface area contributed by atoms with Crippen molar-refractivity contribution in [3.05, 3.63) is 65.2 Å². The van der Waals surface area contributed by atoms with Gasteiger partial charge in [-0.2, -0.15) is 17.4 Å². The SMILES string of the molecule is CC(C)c1cccc(C(C)C)c1C(NS(=O)(=O)N(C(=O)O)c1ccccc1)C(C)C. The number of amides is 1. The highest BCUT2D eigenvalue weighted by molar-refractivity contribution is 7.91. The molecule has 2 aromatic rings. The van der Waals surface area contributed by atoms with Gasteiger partial charge in [0.2, 0.25) is 0 Å². The van der Waals surface area contributed by atoms with E-state index in [1.54, 1.807) is 18.2 Å². The zero-order chi connectivity index (χ0) is 22.6. The molecule has 1 unspecified atom stereocenters. The van der Waals surface area contributed by atoms with Gasteiger partial charge in [0.25, 0.3) is 0 Å². The fraction of sp³-hybridized carbons (Fsp3) is 0.435. The van der Waals surface area contributed by atoms with Gasteiger partial charge >= 0.3 is 16.3 Å². The molecule has 2 aromatic carbocycles. The normalized spacial score (nSPS) is 13.1. The Morgan fingerprint density at radius 2 is 1.37 bits per heavy atom. The summed E-state index contributed by atoms with van der Waals surface area (Å²) < 4.78 is 29.6. The number of para-hydroxylation sites is 1. The van der Waals surface area contributed by atoms with Gasteiger partial charge in [0.15, 0.2) is 0 Å². The highest BCUT2D eigenvalue weighted by Crippen LogP contribution is 2.36. The first kappa shape index (κ1) is 23.9. The van der Waals surface area contributed by atoms with Gasteiger partial charge in [-0.05, 0) is 46.6 Å². The predicted octanol–water partition coefficient (Wildman–Crippen LogP) is 5.65. The number of carbonyl (C=O) groups is 1. The number of rotatable bonds is 8. The molecule has 0 radical (unpaired) electrons. The van der Waals surface area contributed by atoms with E-state index in [1.165, 1.54) is 12.1 Å². The van der Waals surface area contributed by atoms with E-state index < -0.39 is 22.3 Å². The molecule has 164 valence electrons. The van der Waals surface area contributed by atoms with E-state index in [4.69, 9.17) is 0 Å². The Morgan fingerprint density at radius 3 is 1.77 bits per heavy atom. The largest absolute Gasteiger partial charge is 0.464 e. The zero-order valence-electron chi connectivity index (χ0n) is 18.5. The highest BCUT2D eigenvalue weighted by atomic mass is 32.2. The van der Waals surface area contributed by atoms with Crippen molar-refractivity contribution in [3.63, 3.8) is 0 Å². The number of nitrogens with one attached hydrogen (secondary N) is 1. The zero-order valence-corrected chi connectivity index (χ0v) is 19.3. The topological polar surface area (TPSA) is 86.7 Å². The summed E-state index contributed by atoms with van der Waals surface area (Å²) in [7, 11) is -4.37. The maximum absolute atomic E-state index is 13.3. The first-order chi connectivity index (χ1) is 14.0. The molecule has 0 aliphatic heterocycles. The second-order valence-corrected chi connectivity index (χ2v) is 9.94. The van der Waals surface area contributed by atoms with Crippen LogP contribution in [0.25, 0.3) is 0 Å². The van der Waals surface area contributed by atoms with Crippen LogP contribution in [-0.2, 0) is 10.2 Å². The van der Waals surface area contributed by atoms with Gasteiger partial charge < -0.3 is 5.11 Å². The summed E-state index contributed by atoms with van der Waals surface area (Å²) in [6.07, 6.45) is -1.56. The maximum atomic E-state index is 13.3. The lowest BCUT2D eigenvalue weighted by atomic mass is 9.82. The van der Waals surface area contributed by atoms with Crippen molar-refractivity contribution in [1.29, 1.82) is 0 Å². The third-order valence-corrected chi connectivity index (χ3v) is 6.48. The van der Waals surface area contributed by atoms with Crippen LogP contribution in [-0.4, -0.2) is 19.6 Å². The Labute approximate surface area is 180 Å². The lowest BCUT2D eigenvalue weighted by Gasteiger charge is -2.31. The summed E-state index contributed by atoms with van der Waals surface area (Å²) in [5.41, 5.74) is 3.12. The molecule has 7 heteroatoms. The summed E-state index contributed by atoms with van der Waals surface area (Å²) in [6, 6.07) is 13.3. The lowest BCUT2D eigenvalue weighted by Crippen LogP contribution is -2.46. The first-order valence-corrected chi connectivity index (χ1v) is 11.6. The molecule has 0 fully saturated rings. The molecule has 2 N–H and O–H groups in total. The third-order valence-electron chi connectivity index (χ3n) is 5.08. The Bertz CT molecular complexity index is 944. The summed E-state index contributed by atoms with van der Waals surface area (Å²) >= 11 is 0. The number of anilines is 1. The van der Waals surface area contributed by atoms with Gasteiger partial charge in [-0.15, -0.1) is 0 Å². The van der Waals surface area contributed by atoms with Crippen molar-refractivity contribution in [3.8, 4) is 0 Å². The molecular weight excluding hydrogens is 400 g/mol. The standard InChI is InChI=1S/C23H32N2O4S/c1-15(2)19-13-10-14-20(16(3)4)21(19)22(17(5)6)24-30(28,29)25(23(26)27)18-11-8-7-9-12-18/h7-17,22,24H,1-6H3,(H,26,27). The molecule has 0 bridgehead atoms. The van der Waals surface area contributed by atoms with Gasteiger partial charge in [0, 0.05) is 0 Å². The molecule has 0 saturated carbocycles. The summed E-state index contributed by atoms with van der Waals surface area (Å²) in [5.74, 6) is 0.284. The highest BCUT2D eigenvalue weighted by Gasteiger charge is 2.34. The molecular formula is C23H32N2O4S. The minimum atomic E-state index is -4.37. The van der Waals surface area contributed by atoms with Gasteiger partial charge in [0.05, 0.1) is 11.7 Å². The Kier molecular flexibility index (Phi) is 7.66. The second kappa shape index (κ2) is 9.62. The first-order valence-electron chi connectivity index (χ1n) is 10.2. The fourth-order valence-corrected chi connectivity index (χ4v) is 5.05.